The molecule has 0 bridgehead atoms. The second kappa shape index (κ2) is 8.06. The quantitative estimate of drug-likeness (QED) is 0.505. The third kappa shape index (κ3) is 4.63. The first-order valence-electron chi connectivity index (χ1n) is 6.12. The van der Waals surface area contributed by atoms with Crippen molar-refractivity contribution >= 4 is 0 Å². The number of aryl methyl sites for hydroxylation is 1. The highest BCUT2D eigenvalue weighted by molar-refractivity contribution is 5.14. The van der Waals surface area contributed by atoms with Gasteiger partial charge in [-0.05, 0) is 25.6 Å². The molecule has 1 aromatic heterocycles. The van der Waals surface area contributed by atoms with Gasteiger partial charge in [0.05, 0.1) is 6.54 Å². The SMILES string of the molecule is CNCCC[n+]1ccn(Cc2ccccc2)c1.[Br-]. The van der Waals surface area contributed by atoms with E-state index in [1.165, 1.54) is 5.56 Å². The predicted molar refractivity (Wildman–Crippen MR) is 68.7 cm³/mol. The van der Waals surface area contributed by atoms with Crippen LogP contribution in [0.25, 0.3) is 0 Å². The first-order chi connectivity index (χ1) is 8.38. The molecule has 18 heavy (non-hydrogen) atoms. The van der Waals surface area contributed by atoms with Gasteiger partial charge in [-0.1, -0.05) is 30.3 Å². The molecule has 2 aromatic rings. The standard InChI is InChI=1S/C14H20N3.BrH/c1-15-8-5-9-16-10-11-17(13-16)12-14-6-3-2-4-7-14;/h2-4,6-7,10-11,13,15H,5,8-9,12H2,1H3;1H/q+1;/p-1. The lowest BCUT2D eigenvalue weighted by molar-refractivity contribution is -0.696. The van der Waals surface area contributed by atoms with Crippen LogP contribution in [0.2, 0.25) is 0 Å². The van der Waals surface area contributed by atoms with Crippen LogP contribution in [0, 0.1) is 0 Å². The molecule has 0 fully saturated rings. The van der Waals surface area contributed by atoms with Crippen LogP contribution in [0.15, 0.2) is 49.1 Å². The fourth-order valence-electron chi connectivity index (χ4n) is 1.90. The molecule has 2 rings (SSSR count). The maximum atomic E-state index is 3.16. The van der Waals surface area contributed by atoms with Crippen molar-refractivity contribution in [2.75, 3.05) is 13.6 Å². The van der Waals surface area contributed by atoms with Crippen molar-refractivity contribution in [3.63, 3.8) is 0 Å². The van der Waals surface area contributed by atoms with E-state index < -0.39 is 0 Å². The number of rotatable bonds is 6. The summed E-state index contributed by atoms with van der Waals surface area (Å²) in [5, 5.41) is 3.16. The van der Waals surface area contributed by atoms with Gasteiger partial charge < -0.3 is 22.3 Å². The van der Waals surface area contributed by atoms with Gasteiger partial charge in [0, 0.05) is 0 Å². The second-order valence-electron chi connectivity index (χ2n) is 4.27. The first kappa shape index (κ1) is 14.9. The number of aromatic nitrogens is 2. The molecule has 0 unspecified atom stereocenters. The van der Waals surface area contributed by atoms with Gasteiger partial charge in [0.1, 0.15) is 18.9 Å². The van der Waals surface area contributed by atoms with Crippen molar-refractivity contribution in [1.82, 2.24) is 9.88 Å². The zero-order valence-electron chi connectivity index (χ0n) is 10.7. The summed E-state index contributed by atoms with van der Waals surface area (Å²) in [5.74, 6) is 0. The molecule has 0 atom stereocenters. The Balaban J connectivity index is 0.00000162. The minimum absolute atomic E-state index is 0. The van der Waals surface area contributed by atoms with Crippen molar-refractivity contribution in [2.24, 2.45) is 0 Å². The number of imidazole rings is 1. The summed E-state index contributed by atoms with van der Waals surface area (Å²) < 4.78 is 4.45. The molecule has 1 N–H and O–H groups in total. The van der Waals surface area contributed by atoms with Crippen molar-refractivity contribution in [3.05, 3.63) is 54.6 Å². The largest absolute Gasteiger partial charge is 1.00 e. The maximum absolute atomic E-state index is 3.16. The van der Waals surface area contributed by atoms with Crippen molar-refractivity contribution < 1.29 is 21.5 Å². The van der Waals surface area contributed by atoms with Crippen LogP contribution in [-0.4, -0.2) is 18.2 Å². The van der Waals surface area contributed by atoms with Crippen LogP contribution in [0.1, 0.15) is 12.0 Å². The van der Waals surface area contributed by atoms with E-state index in [1.54, 1.807) is 0 Å². The molecule has 0 aliphatic carbocycles. The lowest BCUT2D eigenvalue weighted by atomic mass is 10.2. The summed E-state index contributed by atoms with van der Waals surface area (Å²) in [7, 11) is 1.99. The van der Waals surface area contributed by atoms with Crippen molar-refractivity contribution in [2.45, 2.75) is 19.5 Å². The van der Waals surface area contributed by atoms with Crippen LogP contribution in [-0.2, 0) is 13.1 Å². The molecule has 0 saturated heterocycles. The summed E-state index contributed by atoms with van der Waals surface area (Å²) in [6.07, 6.45) is 7.60. The van der Waals surface area contributed by atoms with Crippen LogP contribution >= 0.6 is 0 Å². The molecule has 3 nitrogen and oxygen atoms in total. The summed E-state index contributed by atoms with van der Waals surface area (Å²) in [6.45, 7) is 3.08. The van der Waals surface area contributed by atoms with Gasteiger partial charge >= 0.3 is 0 Å². The lowest BCUT2D eigenvalue weighted by Crippen LogP contribution is -3.00. The average molecular weight is 310 g/mol. The average Bonchev–Trinajstić information content (AvgIpc) is 2.79. The minimum atomic E-state index is 0. The number of hydrogen-bond donors (Lipinski definition) is 1. The molecule has 0 saturated carbocycles. The van der Waals surface area contributed by atoms with E-state index in [-0.39, 0.29) is 17.0 Å². The molecular weight excluding hydrogens is 290 g/mol. The van der Waals surface area contributed by atoms with Gasteiger partial charge in [-0.15, -0.1) is 0 Å². The summed E-state index contributed by atoms with van der Waals surface area (Å²) in [4.78, 5) is 0. The lowest BCUT2D eigenvalue weighted by Gasteiger charge is -1.97. The van der Waals surface area contributed by atoms with Crippen LogP contribution < -0.4 is 26.9 Å². The molecule has 0 spiro atoms. The minimum Gasteiger partial charge on any atom is -1.00 e. The van der Waals surface area contributed by atoms with E-state index >= 15 is 0 Å². The molecule has 1 aromatic carbocycles. The monoisotopic (exact) mass is 309 g/mol. The molecule has 0 radical (unpaired) electrons. The van der Waals surface area contributed by atoms with Crippen LogP contribution in [0.3, 0.4) is 0 Å². The molecular formula is C14H20BrN3. The van der Waals surface area contributed by atoms with Crippen LogP contribution in [0.4, 0.5) is 0 Å². The molecule has 0 aliphatic rings. The van der Waals surface area contributed by atoms with Gasteiger partial charge in [-0.25, -0.2) is 9.13 Å². The zero-order valence-corrected chi connectivity index (χ0v) is 12.3. The third-order valence-electron chi connectivity index (χ3n) is 2.80. The van der Waals surface area contributed by atoms with Gasteiger partial charge in [0.2, 0.25) is 6.33 Å². The Morgan fingerprint density at radius 3 is 2.72 bits per heavy atom. The highest BCUT2D eigenvalue weighted by Crippen LogP contribution is 2.00. The van der Waals surface area contributed by atoms with Crippen LogP contribution in [0.5, 0.6) is 0 Å². The second-order valence-corrected chi connectivity index (χ2v) is 4.27. The number of benzene rings is 1. The Kier molecular flexibility index (Phi) is 6.68. The Morgan fingerprint density at radius 2 is 2.00 bits per heavy atom. The highest BCUT2D eigenvalue weighted by Gasteiger charge is 2.03. The highest BCUT2D eigenvalue weighted by atomic mass is 79.9. The predicted octanol–water partition coefficient (Wildman–Crippen LogP) is -1.56. The zero-order chi connectivity index (χ0) is 11.9. The fourth-order valence-corrected chi connectivity index (χ4v) is 1.90. The fraction of sp³-hybridized carbons (Fsp3) is 0.357. The van der Waals surface area contributed by atoms with E-state index in [9.17, 15) is 0 Å². The molecule has 1 heterocycles. The Morgan fingerprint density at radius 1 is 1.22 bits per heavy atom. The summed E-state index contributed by atoms with van der Waals surface area (Å²) in [5.41, 5.74) is 1.34. The van der Waals surface area contributed by atoms with E-state index in [2.05, 4.69) is 63.5 Å². The van der Waals surface area contributed by atoms with Gasteiger partial charge in [-0.2, -0.15) is 0 Å². The number of halogens is 1. The third-order valence-corrected chi connectivity index (χ3v) is 2.80. The van der Waals surface area contributed by atoms with E-state index in [0.717, 1.165) is 26.1 Å². The maximum Gasteiger partial charge on any atom is 0.244 e. The Hall–Kier alpha value is -1.13. The Bertz CT molecular complexity index is 439. The molecule has 0 amide bonds. The normalized spacial score (nSPS) is 10.1. The van der Waals surface area contributed by atoms with Gasteiger partial charge in [0.25, 0.3) is 0 Å². The van der Waals surface area contributed by atoms with Crippen molar-refractivity contribution in [1.29, 1.82) is 0 Å². The Labute approximate surface area is 119 Å². The van der Waals surface area contributed by atoms with Crippen molar-refractivity contribution in [3.8, 4) is 0 Å². The first-order valence-corrected chi connectivity index (χ1v) is 6.12. The summed E-state index contributed by atoms with van der Waals surface area (Å²) >= 11 is 0. The van der Waals surface area contributed by atoms with E-state index in [1.807, 2.05) is 7.05 Å². The smallest absolute Gasteiger partial charge is 0.244 e. The molecule has 98 valence electrons. The molecule has 0 aliphatic heterocycles. The molecule has 4 heteroatoms. The number of hydrogen-bond acceptors (Lipinski definition) is 1. The van der Waals surface area contributed by atoms with Gasteiger partial charge in [0.15, 0.2) is 0 Å². The topological polar surface area (TPSA) is 20.8 Å². The number of nitrogens with one attached hydrogen (secondary N) is 1. The number of nitrogens with zero attached hydrogens (tertiary/aromatic N) is 2. The summed E-state index contributed by atoms with van der Waals surface area (Å²) in [6, 6.07) is 10.5. The van der Waals surface area contributed by atoms with E-state index in [4.69, 9.17) is 0 Å². The van der Waals surface area contributed by atoms with E-state index in [0.29, 0.717) is 0 Å². The van der Waals surface area contributed by atoms with Gasteiger partial charge in [-0.3, -0.25) is 0 Å².